The molecule has 134 valence electrons. The molecule has 0 saturated heterocycles. The molecule has 3 aromatic rings. The van der Waals surface area contributed by atoms with Gasteiger partial charge in [-0.2, -0.15) is 5.10 Å². The van der Waals surface area contributed by atoms with Gasteiger partial charge in [-0.15, -0.1) is 0 Å². The molecule has 1 saturated carbocycles. The van der Waals surface area contributed by atoms with E-state index in [9.17, 15) is 9.90 Å². The van der Waals surface area contributed by atoms with Crippen LogP contribution in [0.25, 0.3) is 5.65 Å². The first-order valence-corrected chi connectivity index (χ1v) is 8.89. The number of hydrogen-bond acceptors (Lipinski definition) is 4. The van der Waals surface area contributed by atoms with Gasteiger partial charge in [0, 0.05) is 23.6 Å². The Kier molecular flexibility index (Phi) is 3.97. The lowest BCUT2D eigenvalue weighted by atomic mass is 9.97. The summed E-state index contributed by atoms with van der Waals surface area (Å²) in [7, 11) is 0. The Hall–Kier alpha value is -2.44. The summed E-state index contributed by atoms with van der Waals surface area (Å²) >= 11 is 6.28. The van der Waals surface area contributed by atoms with Crippen molar-refractivity contribution < 1.29 is 9.90 Å². The van der Waals surface area contributed by atoms with Gasteiger partial charge >= 0.3 is 0 Å². The number of halogens is 1. The molecule has 4 rings (SSSR count). The molecule has 2 N–H and O–H groups in total. The zero-order valence-electron chi connectivity index (χ0n) is 14.5. The van der Waals surface area contributed by atoms with E-state index in [2.05, 4.69) is 15.4 Å². The summed E-state index contributed by atoms with van der Waals surface area (Å²) in [4.78, 5) is 16.9. The van der Waals surface area contributed by atoms with E-state index in [0.717, 1.165) is 24.1 Å². The summed E-state index contributed by atoms with van der Waals surface area (Å²) in [6.07, 6.45) is 2.29. The molecule has 26 heavy (non-hydrogen) atoms. The molecule has 2 aromatic heterocycles. The van der Waals surface area contributed by atoms with Crippen molar-refractivity contribution in [2.75, 3.05) is 5.32 Å². The first kappa shape index (κ1) is 17.0. The van der Waals surface area contributed by atoms with Crippen molar-refractivity contribution in [2.24, 2.45) is 0 Å². The average molecular weight is 371 g/mol. The molecule has 6 nitrogen and oxygen atoms in total. The number of nitrogens with one attached hydrogen (secondary N) is 1. The second kappa shape index (κ2) is 6.07. The minimum absolute atomic E-state index is 0.290. The van der Waals surface area contributed by atoms with Crippen LogP contribution >= 0.6 is 11.6 Å². The van der Waals surface area contributed by atoms with E-state index < -0.39 is 5.60 Å². The van der Waals surface area contributed by atoms with Gasteiger partial charge in [0.25, 0.3) is 5.91 Å². The maximum atomic E-state index is 12.5. The number of fused-ring (bicyclic) bond motifs is 1. The van der Waals surface area contributed by atoms with Crippen molar-refractivity contribution >= 4 is 29.0 Å². The van der Waals surface area contributed by atoms with Crippen LogP contribution in [0.1, 0.15) is 54.2 Å². The summed E-state index contributed by atoms with van der Waals surface area (Å²) < 4.78 is 1.59. The van der Waals surface area contributed by atoms with Crippen LogP contribution in [0.4, 0.5) is 5.82 Å². The number of aliphatic hydroxyl groups is 1. The summed E-state index contributed by atoms with van der Waals surface area (Å²) in [6, 6.07) is 10.3. The van der Waals surface area contributed by atoms with Gasteiger partial charge in [0.05, 0.1) is 11.3 Å². The van der Waals surface area contributed by atoms with Gasteiger partial charge in [-0.25, -0.2) is 9.50 Å². The number of rotatable bonds is 4. The fourth-order valence-corrected chi connectivity index (χ4v) is 3.04. The van der Waals surface area contributed by atoms with Gasteiger partial charge in [0.1, 0.15) is 11.0 Å². The van der Waals surface area contributed by atoms with Gasteiger partial charge in [0.2, 0.25) is 0 Å². The molecule has 7 heteroatoms. The molecule has 0 unspecified atom stereocenters. The van der Waals surface area contributed by atoms with Crippen LogP contribution in [0.2, 0.25) is 5.15 Å². The summed E-state index contributed by atoms with van der Waals surface area (Å²) in [5.41, 5.74) is 1.87. The predicted molar refractivity (Wildman–Crippen MR) is 99.6 cm³/mol. The third kappa shape index (κ3) is 3.30. The van der Waals surface area contributed by atoms with Gasteiger partial charge in [0.15, 0.2) is 5.65 Å². The maximum absolute atomic E-state index is 12.5. The minimum Gasteiger partial charge on any atom is -0.386 e. The molecule has 1 fully saturated rings. The number of carbonyl (C=O) groups excluding carboxylic acids is 1. The lowest BCUT2D eigenvalue weighted by Crippen LogP contribution is -2.17. The summed E-state index contributed by atoms with van der Waals surface area (Å²) in [6.45, 7) is 3.40. The van der Waals surface area contributed by atoms with Gasteiger partial charge in [-0.05, 0) is 44.4 Å². The third-order valence-electron chi connectivity index (χ3n) is 4.49. The largest absolute Gasteiger partial charge is 0.386 e. The Balaban J connectivity index is 1.57. The molecule has 0 bridgehead atoms. The van der Waals surface area contributed by atoms with Crippen LogP contribution in [0, 0.1) is 0 Å². The van der Waals surface area contributed by atoms with Crippen molar-refractivity contribution in [3.05, 3.63) is 58.4 Å². The number of nitrogens with zero attached hydrogens (tertiary/aromatic N) is 3. The average Bonchev–Trinajstić information content (AvgIpc) is 3.34. The van der Waals surface area contributed by atoms with Gasteiger partial charge in [-0.3, -0.25) is 4.79 Å². The third-order valence-corrected chi connectivity index (χ3v) is 4.76. The molecule has 0 aliphatic heterocycles. The molecule has 1 aromatic carbocycles. The van der Waals surface area contributed by atoms with Crippen molar-refractivity contribution in [3.8, 4) is 0 Å². The molecule has 1 aliphatic carbocycles. The number of benzene rings is 1. The first-order valence-electron chi connectivity index (χ1n) is 8.52. The lowest BCUT2D eigenvalue weighted by molar-refractivity contribution is 0.0785. The van der Waals surface area contributed by atoms with Crippen molar-refractivity contribution in [3.63, 3.8) is 0 Å². The Morgan fingerprint density at radius 2 is 1.96 bits per heavy atom. The Morgan fingerprint density at radius 3 is 2.58 bits per heavy atom. The predicted octanol–water partition coefficient (Wildman–Crippen LogP) is 3.74. The zero-order valence-corrected chi connectivity index (χ0v) is 15.3. The van der Waals surface area contributed by atoms with Crippen LogP contribution in [0.3, 0.4) is 0 Å². The first-order chi connectivity index (χ1) is 12.3. The standard InChI is InChI=1S/C19H19ClN4O2/c1-19(2,26)13-7-5-12(6-8-13)18(25)22-16-10-15(20)24-17(21-16)9-14(23-24)11-3-4-11/h5-11,26H,3-4H2,1-2H3,(H,21,22,25). The fourth-order valence-electron chi connectivity index (χ4n) is 2.82. The molecular formula is C19H19ClN4O2. The van der Waals surface area contributed by atoms with E-state index in [1.54, 1.807) is 48.7 Å². The molecule has 0 atom stereocenters. The Labute approximate surface area is 155 Å². The number of hydrogen-bond donors (Lipinski definition) is 2. The molecule has 0 spiro atoms. The monoisotopic (exact) mass is 370 g/mol. The van der Waals surface area contributed by atoms with Crippen molar-refractivity contribution in [1.29, 1.82) is 0 Å². The van der Waals surface area contributed by atoms with Crippen molar-refractivity contribution in [1.82, 2.24) is 14.6 Å². The molecule has 0 radical (unpaired) electrons. The van der Waals surface area contributed by atoms with Crippen LogP contribution < -0.4 is 5.32 Å². The normalized spacial score (nSPS) is 14.6. The highest BCUT2D eigenvalue weighted by Gasteiger charge is 2.27. The van der Waals surface area contributed by atoms with Crippen LogP contribution in [0.5, 0.6) is 0 Å². The number of amides is 1. The Bertz CT molecular complexity index is 985. The SMILES string of the molecule is CC(C)(O)c1ccc(C(=O)Nc2cc(Cl)n3nc(C4CC4)cc3n2)cc1. The highest BCUT2D eigenvalue weighted by Crippen LogP contribution is 2.39. The van der Waals surface area contributed by atoms with Gasteiger partial charge < -0.3 is 10.4 Å². The number of aromatic nitrogens is 3. The molecular weight excluding hydrogens is 352 g/mol. The van der Waals surface area contributed by atoms with E-state index in [-0.39, 0.29) is 5.91 Å². The minimum atomic E-state index is -0.948. The molecule has 1 aliphatic rings. The quantitative estimate of drug-likeness (QED) is 0.685. The lowest BCUT2D eigenvalue weighted by Gasteiger charge is -2.17. The second-order valence-corrected chi connectivity index (χ2v) is 7.56. The van der Waals surface area contributed by atoms with Crippen LogP contribution in [0.15, 0.2) is 36.4 Å². The Morgan fingerprint density at radius 1 is 1.27 bits per heavy atom. The zero-order chi connectivity index (χ0) is 18.5. The topological polar surface area (TPSA) is 79.5 Å². The highest BCUT2D eigenvalue weighted by molar-refractivity contribution is 6.30. The van der Waals surface area contributed by atoms with E-state index in [0.29, 0.717) is 28.1 Å². The fraction of sp³-hybridized carbons (Fsp3) is 0.316. The molecule has 2 heterocycles. The summed E-state index contributed by atoms with van der Waals surface area (Å²) in [5.74, 6) is 0.587. The van der Waals surface area contributed by atoms with Gasteiger partial charge in [-0.1, -0.05) is 23.7 Å². The summed E-state index contributed by atoms with van der Waals surface area (Å²) in [5, 5.41) is 17.6. The van der Waals surface area contributed by atoms with E-state index in [1.165, 1.54) is 0 Å². The number of anilines is 1. The maximum Gasteiger partial charge on any atom is 0.256 e. The number of carbonyl (C=O) groups is 1. The van der Waals surface area contributed by atoms with E-state index in [1.807, 2.05) is 6.07 Å². The second-order valence-electron chi connectivity index (χ2n) is 7.17. The van der Waals surface area contributed by atoms with Crippen LogP contribution in [-0.2, 0) is 5.60 Å². The van der Waals surface area contributed by atoms with E-state index >= 15 is 0 Å². The molecule has 1 amide bonds. The van der Waals surface area contributed by atoms with Crippen molar-refractivity contribution in [2.45, 2.75) is 38.2 Å². The highest BCUT2D eigenvalue weighted by atomic mass is 35.5. The van der Waals surface area contributed by atoms with E-state index in [4.69, 9.17) is 11.6 Å². The van der Waals surface area contributed by atoms with Crippen LogP contribution in [-0.4, -0.2) is 25.6 Å². The smallest absolute Gasteiger partial charge is 0.256 e.